The summed E-state index contributed by atoms with van der Waals surface area (Å²) >= 11 is 0. The average Bonchev–Trinajstić information content (AvgIpc) is 3.17. The molecule has 8 heteroatoms. The minimum absolute atomic E-state index is 0.0994. The molecule has 0 radical (unpaired) electrons. The maximum Gasteiger partial charge on any atom is 0.411 e. The topological polar surface area (TPSA) is 65.6 Å². The fraction of sp³-hybridized carbons (Fsp3) is 0.704. The number of esters is 1. The third-order valence-electron chi connectivity index (χ3n) is 8.00. The number of cyclic esters (lactones) is 1. The lowest BCUT2D eigenvalue weighted by Crippen LogP contribution is -2.54. The lowest BCUT2D eigenvalue weighted by Gasteiger charge is -2.38. The number of likely N-dealkylation sites (tertiary alicyclic amines) is 1. The number of amides is 1. The van der Waals surface area contributed by atoms with Crippen LogP contribution in [0.25, 0.3) is 0 Å². The van der Waals surface area contributed by atoms with Gasteiger partial charge in [0.15, 0.2) is 6.23 Å². The zero-order valence-corrected chi connectivity index (χ0v) is 21.4. The Morgan fingerprint density at radius 1 is 0.971 bits per heavy atom. The van der Waals surface area contributed by atoms with E-state index in [-0.39, 0.29) is 24.3 Å². The van der Waals surface area contributed by atoms with Crippen molar-refractivity contribution in [1.29, 1.82) is 0 Å². The van der Waals surface area contributed by atoms with E-state index in [2.05, 4.69) is 45.0 Å². The van der Waals surface area contributed by atoms with Crippen molar-refractivity contribution in [1.82, 2.24) is 19.6 Å². The van der Waals surface area contributed by atoms with Crippen LogP contribution in [-0.4, -0.2) is 104 Å². The molecule has 2 atom stereocenters. The summed E-state index contributed by atoms with van der Waals surface area (Å²) in [5.74, 6) is 0.616. The van der Waals surface area contributed by atoms with Crippen molar-refractivity contribution in [3.63, 3.8) is 0 Å². The molecular formula is C27H42N4O4. The molecule has 194 valence electrons. The quantitative estimate of drug-likeness (QED) is 0.372. The first-order valence-electron chi connectivity index (χ1n) is 13.3. The third-order valence-corrected chi connectivity index (χ3v) is 8.00. The van der Waals surface area contributed by atoms with Gasteiger partial charge in [-0.2, -0.15) is 0 Å². The number of carbonyl (C=O) groups excluding carboxylic acids is 2. The fourth-order valence-electron chi connectivity index (χ4n) is 5.73. The first-order chi connectivity index (χ1) is 17.0. The van der Waals surface area contributed by atoms with Crippen LogP contribution in [-0.2, 0) is 20.8 Å². The van der Waals surface area contributed by atoms with Gasteiger partial charge in [-0.25, -0.2) is 4.79 Å². The molecule has 3 fully saturated rings. The van der Waals surface area contributed by atoms with E-state index in [0.29, 0.717) is 6.54 Å². The number of piperazine rings is 1. The van der Waals surface area contributed by atoms with E-state index >= 15 is 0 Å². The summed E-state index contributed by atoms with van der Waals surface area (Å²) in [5, 5.41) is 0. The Kier molecular flexibility index (Phi) is 9.40. The number of nitrogens with zero attached hydrogens (tertiary/aromatic N) is 4. The lowest BCUT2D eigenvalue weighted by atomic mass is 9.90. The maximum absolute atomic E-state index is 12.3. The van der Waals surface area contributed by atoms with E-state index in [4.69, 9.17) is 9.47 Å². The Bertz CT molecular complexity index is 807. The van der Waals surface area contributed by atoms with Crippen molar-refractivity contribution >= 4 is 12.1 Å². The van der Waals surface area contributed by atoms with Crippen LogP contribution < -0.4 is 0 Å². The second-order valence-corrected chi connectivity index (χ2v) is 10.3. The minimum Gasteiger partial charge on any atom is -0.468 e. The van der Waals surface area contributed by atoms with Gasteiger partial charge < -0.3 is 14.4 Å². The van der Waals surface area contributed by atoms with Crippen LogP contribution in [0, 0.1) is 5.92 Å². The summed E-state index contributed by atoms with van der Waals surface area (Å²) < 4.78 is 10.5. The summed E-state index contributed by atoms with van der Waals surface area (Å²) in [5.41, 5.74) is 1.41. The Morgan fingerprint density at radius 3 is 2.34 bits per heavy atom. The second kappa shape index (κ2) is 12.7. The van der Waals surface area contributed by atoms with E-state index in [0.717, 1.165) is 51.5 Å². The molecule has 0 N–H and O–H groups in total. The van der Waals surface area contributed by atoms with Crippen molar-refractivity contribution in [3.8, 4) is 0 Å². The number of hydrogen-bond acceptors (Lipinski definition) is 7. The van der Waals surface area contributed by atoms with Gasteiger partial charge >= 0.3 is 12.1 Å². The molecule has 0 aliphatic carbocycles. The molecule has 0 saturated carbocycles. The number of methoxy groups -OCH3 is 1. The number of benzene rings is 1. The van der Waals surface area contributed by atoms with Crippen molar-refractivity contribution in [2.24, 2.45) is 5.92 Å². The van der Waals surface area contributed by atoms with Gasteiger partial charge in [-0.15, -0.1) is 0 Å². The number of hydrogen-bond donors (Lipinski definition) is 0. The van der Waals surface area contributed by atoms with Gasteiger partial charge in [0, 0.05) is 39.8 Å². The summed E-state index contributed by atoms with van der Waals surface area (Å²) in [6.07, 6.45) is 6.75. The predicted octanol–water partition coefficient (Wildman–Crippen LogP) is 3.03. The average molecular weight is 487 g/mol. The molecule has 1 amide bonds. The molecule has 0 bridgehead atoms. The summed E-state index contributed by atoms with van der Waals surface area (Å²) in [7, 11) is 3.29. The van der Waals surface area contributed by atoms with Crippen LogP contribution in [0.15, 0.2) is 30.3 Å². The highest BCUT2D eigenvalue weighted by molar-refractivity contribution is 5.71. The molecular weight excluding hydrogens is 444 g/mol. The zero-order chi connectivity index (χ0) is 24.6. The molecule has 0 aromatic heterocycles. The number of rotatable bonds is 10. The van der Waals surface area contributed by atoms with Gasteiger partial charge in [0.2, 0.25) is 0 Å². The molecule has 3 aliphatic rings. The molecule has 0 spiro atoms. The van der Waals surface area contributed by atoms with Crippen molar-refractivity contribution < 1.29 is 19.1 Å². The number of carbonyl (C=O) groups is 2. The first-order valence-corrected chi connectivity index (χ1v) is 13.3. The lowest BCUT2D eigenvalue weighted by molar-refractivity contribution is -0.142. The first kappa shape index (κ1) is 25.9. The highest BCUT2D eigenvalue weighted by atomic mass is 16.6. The Labute approximate surface area is 210 Å². The van der Waals surface area contributed by atoms with Gasteiger partial charge in [0.05, 0.1) is 19.7 Å². The Balaban J connectivity index is 1.15. The summed E-state index contributed by atoms with van der Waals surface area (Å²) in [4.78, 5) is 32.6. The maximum atomic E-state index is 12.3. The minimum atomic E-state index is -0.220. The van der Waals surface area contributed by atoms with Crippen LogP contribution in [0.5, 0.6) is 0 Å². The standard InChI is InChI=1S/C27H42N4O4/c1-28-24(26(35-27(28)33)31-18-16-30(17-19-31)21-25(32)34-2)11-7-6-8-22-12-14-29(15-13-22)20-23-9-4-3-5-10-23/h3-5,9-10,22,24,26H,6-8,11-21H2,1-2H3. The normalized spacial score (nSPS) is 25.1. The molecule has 8 nitrogen and oxygen atoms in total. The monoisotopic (exact) mass is 486 g/mol. The van der Waals surface area contributed by atoms with Crippen molar-refractivity contribution in [2.45, 2.75) is 57.3 Å². The van der Waals surface area contributed by atoms with Gasteiger partial charge in [-0.3, -0.25) is 19.5 Å². The van der Waals surface area contributed by atoms with Gasteiger partial charge in [-0.1, -0.05) is 49.6 Å². The van der Waals surface area contributed by atoms with Crippen molar-refractivity contribution in [3.05, 3.63) is 35.9 Å². The summed E-state index contributed by atoms with van der Waals surface area (Å²) in [6.45, 7) is 6.92. The van der Waals surface area contributed by atoms with Crippen LogP contribution in [0.3, 0.4) is 0 Å². The Morgan fingerprint density at radius 2 is 1.66 bits per heavy atom. The molecule has 35 heavy (non-hydrogen) atoms. The second-order valence-electron chi connectivity index (χ2n) is 10.3. The SMILES string of the molecule is COC(=O)CN1CCN(C2OC(=O)N(C)C2CCCCC2CCN(Cc3ccccc3)CC2)CC1. The number of likely N-dealkylation sites (N-methyl/N-ethyl adjacent to an activating group) is 1. The van der Waals surface area contributed by atoms with Crippen LogP contribution in [0.4, 0.5) is 4.79 Å². The molecule has 1 aromatic rings. The van der Waals surface area contributed by atoms with E-state index in [1.165, 1.54) is 51.4 Å². The predicted molar refractivity (Wildman–Crippen MR) is 135 cm³/mol. The van der Waals surface area contributed by atoms with Crippen LogP contribution >= 0.6 is 0 Å². The molecule has 2 unspecified atom stereocenters. The molecule has 3 saturated heterocycles. The molecule has 1 aromatic carbocycles. The van der Waals surface area contributed by atoms with Crippen LogP contribution in [0.1, 0.15) is 44.1 Å². The molecule has 3 heterocycles. The van der Waals surface area contributed by atoms with Crippen LogP contribution in [0.2, 0.25) is 0 Å². The largest absolute Gasteiger partial charge is 0.468 e. The Hall–Kier alpha value is -2.16. The van der Waals surface area contributed by atoms with Gasteiger partial charge in [0.25, 0.3) is 0 Å². The van der Waals surface area contributed by atoms with Gasteiger partial charge in [0.1, 0.15) is 0 Å². The number of ether oxygens (including phenoxy) is 2. The summed E-state index contributed by atoms with van der Waals surface area (Å²) in [6, 6.07) is 10.9. The highest BCUT2D eigenvalue weighted by Gasteiger charge is 2.43. The van der Waals surface area contributed by atoms with E-state index in [1.807, 2.05) is 7.05 Å². The van der Waals surface area contributed by atoms with E-state index in [9.17, 15) is 9.59 Å². The van der Waals surface area contributed by atoms with Crippen molar-refractivity contribution in [2.75, 3.05) is 60.0 Å². The number of piperidine rings is 1. The fourth-order valence-corrected chi connectivity index (χ4v) is 5.73. The smallest absolute Gasteiger partial charge is 0.411 e. The van der Waals surface area contributed by atoms with E-state index in [1.54, 1.807) is 4.90 Å². The number of unbranched alkanes of at least 4 members (excludes halogenated alkanes) is 1. The zero-order valence-electron chi connectivity index (χ0n) is 21.4. The van der Waals surface area contributed by atoms with Gasteiger partial charge in [-0.05, 0) is 43.8 Å². The van der Waals surface area contributed by atoms with E-state index < -0.39 is 0 Å². The third kappa shape index (κ3) is 7.18. The molecule has 3 aliphatic heterocycles. The highest BCUT2D eigenvalue weighted by Crippen LogP contribution is 2.28. The molecule has 4 rings (SSSR count).